The number of piperidine rings is 1. The average Bonchev–Trinajstić information content (AvgIpc) is 2.16. The number of nitrogens with two attached hydrogens (primary N) is 1. The molecule has 1 heterocycles. The molecule has 1 aliphatic rings. The zero-order valence-electron chi connectivity index (χ0n) is 9.65. The lowest BCUT2D eigenvalue weighted by Crippen LogP contribution is -2.47. The van der Waals surface area contributed by atoms with Crippen LogP contribution in [0.25, 0.3) is 0 Å². The molecule has 0 aromatic carbocycles. The molecule has 0 aromatic rings. The maximum atomic E-state index is 10.8. The molecule has 88 valence electrons. The molecule has 0 spiro atoms. The quantitative estimate of drug-likeness (QED) is 0.725. The van der Waals surface area contributed by atoms with Crippen molar-refractivity contribution in [1.82, 2.24) is 4.90 Å². The Hall–Kier alpha value is -0.610. The first-order valence-electron chi connectivity index (χ1n) is 5.71. The second kappa shape index (κ2) is 5.47. The van der Waals surface area contributed by atoms with Crippen molar-refractivity contribution in [3.8, 4) is 0 Å². The van der Waals surface area contributed by atoms with Crippen molar-refractivity contribution in [1.29, 1.82) is 0 Å². The Morgan fingerprint density at radius 3 is 2.80 bits per heavy atom. The van der Waals surface area contributed by atoms with Gasteiger partial charge < -0.3 is 15.7 Å². The van der Waals surface area contributed by atoms with Crippen LogP contribution in [-0.4, -0.2) is 41.7 Å². The predicted molar refractivity (Wildman–Crippen MR) is 59.6 cm³/mol. The first-order chi connectivity index (χ1) is 7.00. The summed E-state index contributed by atoms with van der Waals surface area (Å²) >= 11 is 0. The van der Waals surface area contributed by atoms with Gasteiger partial charge in [0.1, 0.15) is 6.04 Å². The third-order valence-electron chi connectivity index (χ3n) is 2.96. The van der Waals surface area contributed by atoms with Gasteiger partial charge in [0.2, 0.25) is 0 Å². The molecule has 4 heteroatoms. The van der Waals surface area contributed by atoms with Gasteiger partial charge in [-0.25, -0.2) is 0 Å². The van der Waals surface area contributed by atoms with E-state index in [-0.39, 0.29) is 5.92 Å². The summed E-state index contributed by atoms with van der Waals surface area (Å²) in [7, 11) is 0. The Kier molecular flexibility index (Phi) is 4.54. The first kappa shape index (κ1) is 12.5. The van der Waals surface area contributed by atoms with Gasteiger partial charge in [0.25, 0.3) is 0 Å². The second-order valence-electron chi connectivity index (χ2n) is 4.92. The molecule has 2 unspecified atom stereocenters. The minimum absolute atomic E-state index is 0.120. The van der Waals surface area contributed by atoms with E-state index in [1.165, 1.54) is 0 Å². The molecule has 15 heavy (non-hydrogen) atoms. The van der Waals surface area contributed by atoms with Gasteiger partial charge in [-0.3, -0.25) is 4.79 Å². The maximum absolute atomic E-state index is 10.8. The highest BCUT2D eigenvalue weighted by molar-refractivity contribution is 5.73. The van der Waals surface area contributed by atoms with Gasteiger partial charge in [0.15, 0.2) is 0 Å². The van der Waals surface area contributed by atoms with Crippen molar-refractivity contribution in [2.75, 3.05) is 19.6 Å². The van der Waals surface area contributed by atoms with Crippen molar-refractivity contribution in [3.63, 3.8) is 0 Å². The molecule has 0 aliphatic carbocycles. The maximum Gasteiger partial charge on any atom is 0.320 e. The summed E-state index contributed by atoms with van der Waals surface area (Å²) in [5.41, 5.74) is 5.66. The molecule has 1 saturated heterocycles. The van der Waals surface area contributed by atoms with E-state index in [1.54, 1.807) is 0 Å². The monoisotopic (exact) mass is 214 g/mol. The van der Waals surface area contributed by atoms with Crippen LogP contribution in [0.1, 0.15) is 26.7 Å². The summed E-state index contributed by atoms with van der Waals surface area (Å²) in [5, 5.41) is 8.86. The molecule has 1 rings (SSSR count). The van der Waals surface area contributed by atoms with Crippen molar-refractivity contribution in [2.24, 2.45) is 17.6 Å². The van der Waals surface area contributed by atoms with E-state index in [9.17, 15) is 4.79 Å². The number of likely N-dealkylation sites (tertiary alicyclic amines) is 1. The summed E-state index contributed by atoms with van der Waals surface area (Å²) in [6.45, 7) is 7.33. The zero-order chi connectivity index (χ0) is 11.4. The average molecular weight is 214 g/mol. The Labute approximate surface area is 91.4 Å². The van der Waals surface area contributed by atoms with Gasteiger partial charge in [-0.2, -0.15) is 0 Å². The molecule has 0 radical (unpaired) electrons. The lowest BCUT2D eigenvalue weighted by molar-refractivity contribution is -0.140. The van der Waals surface area contributed by atoms with Crippen molar-refractivity contribution in [3.05, 3.63) is 0 Å². The Bertz CT molecular complexity index is 219. The first-order valence-corrected chi connectivity index (χ1v) is 5.71. The number of carboxylic acids is 1. The zero-order valence-corrected chi connectivity index (χ0v) is 9.65. The number of carbonyl (C=O) groups is 1. The van der Waals surface area contributed by atoms with Crippen LogP contribution in [0.15, 0.2) is 0 Å². The predicted octanol–water partition coefficient (Wildman–Crippen LogP) is 0.766. The fourth-order valence-electron chi connectivity index (χ4n) is 2.27. The molecule has 1 fully saturated rings. The molecule has 2 atom stereocenters. The van der Waals surface area contributed by atoms with Crippen LogP contribution in [0.5, 0.6) is 0 Å². The van der Waals surface area contributed by atoms with Crippen molar-refractivity contribution < 1.29 is 9.90 Å². The Morgan fingerprint density at radius 2 is 2.27 bits per heavy atom. The standard InChI is InChI=1S/C11H22N2O2/c1-8(2)6-13-5-3-4-9(7-13)10(12)11(14)15/h8-10H,3-7,12H2,1-2H3,(H,14,15). The number of aliphatic carboxylic acids is 1. The molecule has 0 aromatic heterocycles. The van der Waals surface area contributed by atoms with Gasteiger partial charge >= 0.3 is 5.97 Å². The summed E-state index contributed by atoms with van der Waals surface area (Å²) < 4.78 is 0. The van der Waals surface area contributed by atoms with E-state index < -0.39 is 12.0 Å². The SMILES string of the molecule is CC(C)CN1CCCC(C(N)C(=O)O)C1. The lowest BCUT2D eigenvalue weighted by Gasteiger charge is -2.35. The summed E-state index contributed by atoms with van der Waals surface area (Å²) in [6.07, 6.45) is 2.01. The van der Waals surface area contributed by atoms with Crippen LogP contribution in [0.3, 0.4) is 0 Å². The van der Waals surface area contributed by atoms with Gasteiger partial charge in [-0.15, -0.1) is 0 Å². The highest BCUT2D eigenvalue weighted by Gasteiger charge is 2.29. The summed E-state index contributed by atoms with van der Waals surface area (Å²) in [5.74, 6) is -0.119. The minimum Gasteiger partial charge on any atom is -0.480 e. The fraction of sp³-hybridized carbons (Fsp3) is 0.909. The third kappa shape index (κ3) is 3.80. The molecule has 0 bridgehead atoms. The number of carboxylic acid groups (broad SMARTS) is 1. The molecule has 0 saturated carbocycles. The molecule has 1 aliphatic heterocycles. The largest absolute Gasteiger partial charge is 0.480 e. The normalized spacial score (nSPS) is 25.5. The lowest BCUT2D eigenvalue weighted by atomic mass is 9.91. The number of hydrogen-bond donors (Lipinski definition) is 2. The van der Waals surface area contributed by atoms with Crippen molar-refractivity contribution in [2.45, 2.75) is 32.7 Å². The minimum atomic E-state index is -0.869. The van der Waals surface area contributed by atoms with Gasteiger partial charge in [0, 0.05) is 13.1 Å². The Morgan fingerprint density at radius 1 is 1.60 bits per heavy atom. The van der Waals surface area contributed by atoms with Gasteiger partial charge in [-0.1, -0.05) is 13.8 Å². The van der Waals surface area contributed by atoms with Crippen molar-refractivity contribution >= 4 is 5.97 Å². The highest BCUT2D eigenvalue weighted by Crippen LogP contribution is 2.19. The van der Waals surface area contributed by atoms with E-state index in [2.05, 4.69) is 18.7 Å². The van der Waals surface area contributed by atoms with Crippen LogP contribution >= 0.6 is 0 Å². The Balaban J connectivity index is 2.45. The number of rotatable bonds is 4. The molecule has 0 amide bonds. The summed E-state index contributed by atoms with van der Waals surface area (Å²) in [6, 6.07) is -0.694. The van der Waals surface area contributed by atoms with E-state index in [0.717, 1.165) is 32.5 Å². The second-order valence-corrected chi connectivity index (χ2v) is 4.92. The van der Waals surface area contributed by atoms with Crippen LogP contribution < -0.4 is 5.73 Å². The van der Waals surface area contributed by atoms with Gasteiger partial charge in [0.05, 0.1) is 0 Å². The van der Waals surface area contributed by atoms with Crippen LogP contribution in [-0.2, 0) is 4.79 Å². The molecule has 3 N–H and O–H groups in total. The van der Waals surface area contributed by atoms with Crippen LogP contribution in [0.4, 0.5) is 0 Å². The molecule has 4 nitrogen and oxygen atoms in total. The smallest absolute Gasteiger partial charge is 0.320 e. The van der Waals surface area contributed by atoms with Crippen LogP contribution in [0.2, 0.25) is 0 Å². The fourth-order valence-corrected chi connectivity index (χ4v) is 2.27. The highest BCUT2D eigenvalue weighted by atomic mass is 16.4. The van der Waals surface area contributed by atoms with E-state index >= 15 is 0 Å². The number of nitrogens with zero attached hydrogens (tertiary/aromatic N) is 1. The van der Waals surface area contributed by atoms with E-state index in [0.29, 0.717) is 5.92 Å². The van der Waals surface area contributed by atoms with Crippen LogP contribution in [0, 0.1) is 11.8 Å². The third-order valence-corrected chi connectivity index (χ3v) is 2.96. The number of hydrogen-bond acceptors (Lipinski definition) is 3. The van der Waals surface area contributed by atoms with E-state index in [4.69, 9.17) is 10.8 Å². The summed E-state index contributed by atoms with van der Waals surface area (Å²) in [4.78, 5) is 13.1. The molecular formula is C11H22N2O2. The van der Waals surface area contributed by atoms with E-state index in [1.807, 2.05) is 0 Å². The van der Waals surface area contributed by atoms with Gasteiger partial charge in [-0.05, 0) is 31.2 Å². The topological polar surface area (TPSA) is 66.6 Å². The molecular weight excluding hydrogens is 192 g/mol.